The van der Waals surface area contributed by atoms with E-state index in [2.05, 4.69) is 18.4 Å². The van der Waals surface area contributed by atoms with Gasteiger partial charge in [0.25, 0.3) is 0 Å². The highest BCUT2D eigenvalue weighted by Crippen LogP contribution is 2.26. The van der Waals surface area contributed by atoms with Gasteiger partial charge in [0.05, 0.1) is 0 Å². The molecule has 0 aliphatic carbocycles. The third-order valence-electron chi connectivity index (χ3n) is 1.70. The molecule has 0 N–H and O–H groups in total. The normalized spacial score (nSPS) is 22.8. The van der Waals surface area contributed by atoms with E-state index >= 15 is 0 Å². The van der Waals surface area contributed by atoms with Gasteiger partial charge in [-0.2, -0.15) is 0 Å². The second kappa shape index (κ2) is 5.67. The van der Waals surface area contributed by atoms with Gasteiger partial charge in [0.2, 0.25) is 0 Å². The summed E-state index contributed by atoms with van der Waals surface area (Å²) in [5, 5.41) is 3.00. The predicted molar refractivity (Wildman–Crippen MR) is 50.9 cm³/mol. The highest BCUT2D eigenvalue weighted by atomic mass is 32.2. The van der Waals surface area contributed by atoms with Crippen molar-refractivity contribution in [2.75, 3.05) is 13.2 Å². The van der Waals surface area contributed by atoms with E-state index in [1.165, 1.54) is 12.8 Å². The van der Waals surface area contributed by atoms with Crippen molar-refractivity contribution in [3.8, 4) is 0 Å². The molecule has 0 radical (unpaired) electrons. The first kappa shape index (κ1) is 9.14. The average Bonchev–Trinajstić information content (AvgIpc) is 2.50. The van der Waals surface area contributed by atoms with Crippen LogP contribution in [0.3, 0.4) is 0 Å². The molecule has 1 rings (SSSR count). The SMILES string of the molecule is CCCOCCC1CC=CS1. The Bertz CT molecular complexity index is 115. The van der Waals surface area contributed by atoms with E-state index in [1.54, 1.807) is 0 Å². The molecule has 0 saturated carbocycles. The fourth-order valence-corrected chi connectivity index (χ4v) is 1.98. The third kappa shape index (κ3) is 3.82. The highest BCUT2D eigenvalue weighted by molar-refractivity contribution is 8.03. The molecule has 0 aromatic heterocycles. The smallest absolute Gasteiger partial charge is 0.0476 e. The Hall–Kier alpha value is 0.0500. The van der Waals surface area contributed by atoms with Gasteiger partial charge in [0.15, 0.2) is 0 Å². The topological polar surface area (TPSA) is 9.23 Å². The van der Waals surface area contributed by atoms with Crippen LogP contribution in [0.5, 0.6) is 0 Å². The maximum atomic E-state index is 5.40. The van der Waals surface area contributed by atoms with E-state index in [-0.39, 0.29) is 0 Å². The molecule has 0 spiro atoms. The van der Waals surface area contributed by atoms with Crippen molar-refractivity contribution in [2.45, 2.75) is 31.4 Å². The zero-order valence-electron chi connectivity index (χ0n) is 7.08. The molecule has 0 amide bonds. The van der Waals surface area contributed by atoms with Gasteiger partial charge in [-0.1, -0.05) is 13.0 Å². The molecule has 64 valence electrons. The van der Waals surface area contributed by atoms with Crippen molar-refractivity contribution in [1.82, 2.24) is 0 Å². The molecule has 11 heavy (non-hydrogen) atoms. The molecule has 0 aromatic carbocycles. The van der Waals surface area contributed by atoms with Crippen LogP contribution in [0.15, 0.2) is 11.5 Å². The lowest BCUT2D eigenvalue weighted by molar-refractivity contribution is 0.132. The summed E-state index contributed by atoms with van der Waals surface area (Å²) in [6, 6.07) is 0. The van der Waals surface area contributed by atoms with Crippen LogP contribution >= 0.6 is 11.8 Å². The van der Waals surface area contributed by atoms with Crippen LogP contribution in [0, 0.1) is 0 Å². The Labute approximate surface area is 73.2 Å². The lowest BCUT2D eigenvalue weighted by Gasteiger charge is -2.07. The lowest BCUT2D eigenvalue weighted by atomic mass is 10.2. The van der Waals surface area contributed by atoms with Gasteiger partial charge in [0.1, 0.15) is 0 Å². The molecule has 1 aliphatic rings. The molecule has 1 atom stereocenters. The summed E-state index contributed by atoms with van der Waals surface area (Å²) in [6.07, 6.45) is 5.82. The second-order valence-corrected chi connectivity index (χ2v) is 3.98. The Morgan fingerprint density at radius 1 is 1.55 bits per heavy atom. The van der Waals surface area contributed by atoms with Crippen LogP contribution in [0.1, 0.15) is 26.2 Å². The number of thioether (sulfide) groups is 1. The number of rotatable bonds is 5. The van der Waals surface area contributed by atoms with E-state index in [4.69, 9.17) is 4.74 Å². The van der Waals surface area contributed by atoms with Crippen molar-refractivity contribution in [1.29, 1.82) is 0 Å². The van der Waals surface area contributed by atoms with E-state index in [0.29, 0.717) is 0 Å². The Morgan fingerprint density at radius 3 is 3.09 bits per heavy atom. The maximum absolute atomic E-state index is 5.40. The number of hydrogen-bond acceptors (Lipinski definition) is 2. The third-order valence-corrected chi connectivity index (χ3v) is 2.86. The lowest BCUT2D eigenvalue weighted by Crippen LogP contribution is -2.04. The molecule has 1 unspecified atom stereocenters. The first-order valence-corrected chi connectivity index (χ1v) is 5.26. The molecule has 0 aromatic rings. The average molecular weight is 172 g/mol. The maximum Gasteiger partial charge on any atom is 0.0476 e. The summed E-state index contributed by atoms with van der Waals surface area (Å²) < 4.78 is 5.40. The van der Waals surface area contributed by atoms with Crippen LogP contribution in [0.2, 0.25) is 0 Å². The second-order valence-electron chi connectivity index (χ2n) is 2.77. The molecule has 1 aliphatic heterocycles. The fraction of sp³-hybridized carbons (Fsp3) is 0.778. The molecule has 0 saturated heterocycles. The first-order chi connectivity index (χ1) is 5.43. The standard InChI is InChI=1S/C9H16OS/c1-2-6-10-7-5-9-4-3-8-11-9/h3,8-9H,2,4-7H2,1H3. The summed E-state index contributed by atoms with van der Waals surface area (Å²) >= 11 is 1.94. The van der Waals surface area contributed by atoms with Crippen LogP contribution in [0.4, 0.5) is 0 Å². The van der Waals surface area contributed by atoms with Gasteiger partial charge in [-0.15, -0.1) is 11.8 Å². The van der Waals surface area contributed by atoms with Crippen molar-refractivity contribution in [2.24, 2.45) is 0 Å². The van der Waals surface area contributed by atoms with Crippen molar-refractivity contribution < 1.29 is 4.74 Å². The van der Waals surface area contributed by atoms with Crippen molar-refractivity contribution in [3.05, 3.63) is 11.5 Å². The van der Waals surface area contributed by atoms with Gasteiger partial charge >= 0.3 is 0 Å². The van der Waals surface area contributed by atoms with Crippen molar-refractivity contribution in [3.63, 3.8) is 0 Å². The summed E-state index contributed by atoms with van der Waals surface area (Å²) in [6.45, 7) is 4.00. The summed E-state index contributed by atoms with van der Waals surface area (Å²) in [4.78, 5) is 0. The highest BCUT2D eigenvalue weighted by Gasteiger charge is 2.09. The quantitative estimate of drug-likeness (QED) is 0.590. The summed E-state index contributed by atoms with van der Waals surface area (Å²) in [5.41, 5.74) is 0. The minimum atomic E-state index is 0.798. The van der Waals surface area contributed by atoms with Crippen LogP contribution in [-0.4, -0.2) is 18.5 Å². The van der Waals surface area contributed by atoms with Gasteiger partial charge in [-0.05, 0) is 24.7 Å². The Balaban J connectivity index is 1.87. The fourth-order valence-electron chi connectivity index (χ4n) is 1.08. The molecule has 2 heteroatoms. The molecule has 1 heterocycles. The summed E-state index contributed by atoms with van der Waals surface area (Å²) in [7, 11) is 0. The number of hydrogen-bond donors (Lipinski definition) is 0. The minimum absolute atomic E-state index is 0.798. The van der Waals surface area contributed by atoms with E-state index in [0.717, 1.165) is 24.9 Å². The predicted octanol–water partition coefficient (Wildman–Crippen LogP) is 2.82. The molecular weight excluding hydrogens is 156 g/mol. The molecule has 0 bridgehead atoms. The van der Waals surface area contributed by atoms with Crippen LogP contribution < -0.4 is 0 Å². The van der Waals surface area contributed by atoms with Gasteiger partial charge in [-0.25, -0.2) is 0 Å². The Kier molecular flexibility index (Phi) is 4.71. The zero-order chi connectivity index (χ0) is 7.94. The number of ether oxygens (including phenoxy) is 1. The molecule has 0 fully saturated rings. The number of allylic oxidation sites excluding steroid dienone is 1. The first-order valence-electron chi connectivity index (χ1n) is 4.31. The summed E-state index contributed by atoms with van der Waals surface area (Å²) in [5.74, 6) is 0. The van der Waals surface area contributed by atoms with E-state index in [1.807, 2.05) is 11.8 Å². The van der Waals surface area contributed by atoms with Crippen molar-refractivity contribution >= 4 is 11.8 Å². The van der Waals surface area contributed by atoms with Crippen LogP contribution in [-0.2, 0) is 4.74 Å². The van der Waals surface area contributed by atoms with E-state index < -0.39 is 0 Å². The minimum Gasteiger partial charge on any atom is -0.381 e. The zero-order valence-corrected chi connectivity index (χ0v) is 7.90. The van der Waals surface area contributed by atoms with Gasteiger partial charge in [0, 0.05) is 18.5 Å². The van der Waals surface area contributed by atoms with Gasteiger partial charge in [-0.3, -0.25) is 0 Å². The van der Waals surface area contributed by atoms with Gasteiger partial charge < -0.3 is 4.74 Å². The molecular formula is C9H16OS. The van der Waals surface area contributed by atoms with Crippen LogP contribution in [0.25, 0.3) is 0 Å². The monoisotopic (exact) mass is 172 g/mol. The Morgan fingerprint density at radius 2 is 2.45 bits per heavy atom. The largest absolute Gasteiger partial charge is 0.381 e. The van der Waals surface area contributed by atoms with E-state index in [9.17, 15) is 0 Å². The molecule has 1 nitrogen and oxygen atoms in total.